The number of carbonyl (C=O) groups excluding carboxylic acids is 1. The second kappa shape index (κ2) is 7.84. The summed E-state index contributed by atoms with van der Waals surface area (Å²) < 4.78 is 29.2. The van der Waals surface area contributed by atoms with Gasteiger partial charge >= 0.3 is 5.97 Å². The van der Waals surface area contributed by atoms with E-state index >= 15 is 0 Å². The molecule has 2 aromatic rings. The van der Waals surface area contributed by atoms with Crippen LogP contribution in [0.1, 0.15) is 10.4 Å². The lowest BCUT2D eigenvalue weighted by Crippen LogP contribution is -2.48. The van der Waals surface area contributed by atoms with Gasteiger partial charge in [-0.3, -0.25) is 0 Å². The highest BCUT2D eigenvalue weighted by atomic mass is 32.2. The van der Waals surface area contributed by atoms with E-state index < -0.39 is 16.0 Å². The van der Waals surface area contributed by atoms with Gasteiger partial charge in [-0.2, -0.15) is 4.31 Å². The van der Waals surface area contributed by atoms with Crippen LogP contribution < -0.4 is 10.2 Å². The average Bonchev–Trinajstić information content (AvgIpc) is 2.68. The van der Waals surface area contributed by atoms with E-state index in [1.54, 1.807) is 6.20 Å². The minimum Gasteiger partial charge on any atom is -0.465 e. The first-order chi connectivity index (χ1) is 12.9. The standard InChI is InChI=1S/C16H20N6O4S/c1-26-15(23)12-9-18-16(19-10-12)20-13-3-4-14(17-11-13)21-5-7-22(8-6-21)27(2,24)25/h3-4,9-11H,5-8H2,1-2H3,(H,18,19,20). The number of anilines is 3. The van der Waals surface area contributed by atoms with E-state index in [-0.39, 0.29) is 5.56 Å². The second-order valence-electron chi connectivity index (χ2n) is 5.97. The summed E-state index contributed by atoms with van der Waals surface area (Å²) in [5, 5.41) is 3.00. The molecule has 1 fully saturated rings. The number of hydrogen-bond donors (Lipinski definition) is 1. The van der Waals surface area contributed by atoms with Gasteiger partial charge in [0.05, 0.1) is 30.8 Å². The Labute approximate surface area is 157 Å². The van der Waals surface area contributed by atoms with Crippen molar-refractivity contribution >= 4 is 33.4 Å². The van der Waals surface area contributed by atoms with Crippen molar-refractivity contribution < 1.29 is 17.9 Å². The Morgan fingerprint density at radius 3 is 2.26 bits per heavy atom. The van der Waals surface area contributed by atoms with Crippen molar-refractivity contribution in [3.63, 3.8) is 0 Å². The van der Waals surface area contributed by atoms with Crippen molar-refractivity contribution in [2.45, 2.75) is 0 Å². The second-order valence-corrected chi connectivity index (χ2v) is 7.95. The van der Waals surface area contributed by atoms with Crippen molar-refractivity contribution in [3.05, 3.63) is 36.3 Å². The molecule has 0 bridgehead atoms. The van der Waals surface area contributed by atoms with Crippen molar-refractivity contribution in [1.82, 2.24) is 19.3 Å². The van der Waals surface area contributed by atoms with Gasteiger partial charge in [-0.05, 0) is 12.1 Å². The third-order valence-electron chi connectivity index (χ3n) is 4.11. The molecule has 0 atom stereocenters. The molecule has 1 N–H and O–H groups in total. The number of piperazine rings is 1. The van der Waals surface area contributed by atoms with Gasteiger partial charge in [0.25, 0.3) is 0 Å². The molecule has 0 aromatic carbocycles. The zero-order valence-electron chi connectivity index (χ0n) is 15.0. The third-order valence-corrected chi connectivity index (χ3v) is 5.41. The van der Waals surface area contributed by atoms with Gasteiger partial charge in [-0.25, -0.2) is 28.2 Å². The Bertz CT molecular complexity index is 894. The first-order valence-electron chi connectivity index (χ1n) is 8.20. The fourth-order valence-corrected chi connectivity index (χ4v) is 3.47. The molecule has 1 aliphatic heterocycles. The van der Waals surface area contributed by atoms with Crippen LogP contribution in [0.3, 0.4) is 0 Å². The van der Waals surface area contributed by atoms with Gasteiger partial charge in [-0.1, -0.05) is 0 Å². The van der Waals surface area contributed by atoms with Crippen LogP contribution in [-0.2, 0) is 14.8 Å². The van der Waals surface area contributed by atoms with E-state index in [0.717, 1.165) is 5.82 Å². The summed E-state index contributed by atoms with van der Waals surface area (Å²) in [6, 6.07) is 3.68. The summed E-state index contributed by atoms with van der Waals surface area (Å²) in [5.74, 6) is 0.609. The molecule has 0 radical (unpaired) electrons. The highest BCUT2D eigenvalue weighted by molar-refractivity contribution is 7.88. The molecular weight excluding hydrogens is 372 g/mol. The molecule has 2 aromatic heterocycles. The summed E-state index contributed by atoms with van der Waals surface area (Å²) in [6.07, 6.45) is 5.63. The number of sulfonamides is 1. The zero-order valence-corrected chi connectivity index (χ0v) is 15.8. The van der Waals surface area contributed by atoms with E-state index in [2.05, 4.69) is 25.0 Å². The Morgan fingerprint density at radius 1 is 1.07 bits per heavy atom. The number of hydrogen-bond acceptors (Lipinski definition) is 9. The molecule has 0 spiro atoms. The van der Waals surface area contributed by atoms with Gasteiger partial charge in [-0.15, -0.1) is 0 Å². The zero-order chi connectivity index (χ0) is 19.4. The van der Waals surface area contributed by atoms with Gasteiger partial charge in [0.15, 0.2) is 0 Å². The van der Waals surface area contributed by atoms with Gasteiger partial charge in [0, 0.05) is 38.6 Å². The van der Waals surface area contributed by atoms with E-state index in [9.17, 15) is 13.2 Å². The molecule has 10 nitrogen and oxygen atoms in total. The van der Waals surface area contributed by atoms with Crippen LogP contribution in [0.25, 0.3) is 0 Å². The van der Waals surface area contributed by atoms with E-state index in [1.165, 1.54) is 30.1 Å². The number of ether oxygens (including phenoxy) is 1. The molecule has 0 aliphatic carbocycles. The number of rotatable bonds is 5. The maximum absolute atomic E-state index is 11.6. The van der Waals surface area contributed by atoms with Crippen LogP contribution >= 0.6 is 0 Å². The molecule has 3 heterocycles. The molecule has 0 amide bonds. The number of nitrogens with zero attached hydrogens (tertiary/aromatic N) is 5. The fourth-order valence-electron chi connectivity index (χ4n) is 2.64. The fraction of sp³-hybridized carbons (Fsp3) is 0.375. The van der Waals surface area contributed by atoms with E-state index in [1.807, 2.05) is 17.0 Å². The lowest BCUT2D eigenvalue weighted by atomic mass is 10.3. The number of aromatic nitrogens is 3. The van der Waals surface area contributed by atoms with Crippen LogP contribution in [0, 0.1) is 0 Å². The van der Waals surface area contributed by atoms with Crippen LogP contribution in [0.15, 0.2) is 30.7 Å². The first-order valence-corrected chi connectivity index (χ1v) is 10.0. The molecule has 1 saturated heterocycles. The van der Waals surface area contributed by atoms with Crippen molar-refractivity contribution in [2.75, 3.05) is 49.8 Å². The molecule has 144 valence electrons. The maximum atomic E-state index is 11.6. The van der Waals surface area contributed by atoms with Gasteiger partial charge < -0.3 is 15.0 Å². The van der Waals surface area contributed by atoms with Crippen molar-refractivity contribution in [1.29, 1.82) is 0 Å². The van der Waals surface area contributed by atoms with Crippen LogP contribution in [0.5, 0.6) is 0 Å². The largest absolute Gasteiger partial charge is 0.465 e. The summed E-state index contributed by atoms with van der Waals surface area (Å²) in [5.41, 5.74) is 0.962. The number of methoxy groups -OCH3 is 1. The molecule has 1 aliphatic rings. The smallest absolute Gasteiger partial charge is 0.341 e. The Hall–Kier alpha value is -2.79. The monoisotopic (exact) mass is 392 g/mol. The molecule has 11 heteroatoms. The minimum absolute atomic E-state index is 0.268. The SMILES string of the molecule is COC(=O)c1cnc(Nc2ccc(N3CCN(S(C)(=O)=O)CC3)nc2)nc1. The number of esters is 1. The normalized spacial score (nSPS) is 15.4. The molecule has 27 heavy (non-hydrogen) atoms. The average molecular weight is 392 g/mol. The van der Waals surface area contributed by atoms with E-state index in [4.69, 9.17) is 0 Å². The summed E-state index contributed by atoms with van der Waals surface area (Å²) >= 11 is 0. The first kappa shape index (κ1) is 19.0. The molecule has 3 rings (SSSR count). The lowest BCUT2D eigenvalue weighted by molar-refractivity contribution is 0.0600. The quantitative estimate of drug-likeness (QED) is 0.725. The van der Waals surface area contributed by atoms with Crippen molar-refractivity contribution in [2.24, 2.45) is 0 Å². The topological polar surface area (TPSA) is 118 Å². The predicted molar refractivity (Wildman–Crippen MR) is 99.5 cm³/mol. The molecular formula is C16H20N6O4S. The summed E-state index contributed by atoms with van der Waals surface area (Å²) in [7, 11) is -1.86. The Kier molecular flexibility index (Phi) is 5.51. The predicted octanol–water partition coefficient (Wildman–Crippen LogP) is 0.483. The number of pyridine rings is 1. The summed E-state index contributed by atoms with van der Waals surface area (Å²) in [4.78, 5) is 25.9. The highest BCUT2D eigenvalue weighted by Gasteiger charge is 2.23. The van der Waals surface area contributed by atoms with Crippen LogP contribution in [0.2, 0.25) is 0 Å². The molecule has 0 saturated carbocycles. The third kappa shape index (κ3) is 4.68. The van der Waals surface area contributed by atoms with Crippen LogP contribution in [-0.4, -0.2) is 73.2 Å². The highest BCUT2D eigenvalue weighted by Crippen LogP contribution is 2.18. The Balaban J connectivity index is 1.60. The lowest BCUT2D eigenvalue weighted by Gasteiger charge is -2.33. The van der Waals surface area contributed by atoms with Gasteiger partial charge in [0.2, 0.25) is 16.0 Å². The number of carbonyl (C=O) groups is 1. The minimum atomic E-state index is -3.15. The summed E-state index contributed by atoms with van der Waals surface area (Å²) in [6.45, 7) is 2.07. The van der Waals surface area contributed by atoms with Gasteiger partial charge in [0.1, 0.15) is 5.82 Å². The number of nitrogens with one attached hydrogen (secondary N) is 1. The molecule has 0 unspecified atom stereocenters. The van der Waals surface area contributed by atoms with Crippen molar-refractivity contribution in [3.8, 4) is 0 Å². The van der Waals surface area contributed by atoms with E-state index in [0.29, 0.717) is 37.8 Å². The van der Waals surface area contributed by atoms with Crippen LogP contribution in [0.4, 0.5) is 17.5 Å². The maximum Gasteiger partial charge on any atom is 0.341 e. The Morgan fingerprint density at radius 2 is 1.74 bits per heavy atom.